The molecule has 0 radical (unpaired) electrons. The molecule has 0 unspecified atom stereocenters. The third-order valence-corrected chi connectivity index (χ3v) is 4.71. The molecule has 2 aromatic rings. The molecule has 0 atom stereocenters. The highest BCUT2D eigenvalue weighted by molar-refractivity contribution is 9.10. The molecule has 0 bridgehead atoms. The van der Waals surface area contributed by atoms with Gasteiger partial charge in [0, 0.05) is 22.3 Å². The molecule has 25 heavy (non-hydrogen) atoms. The molecule has 2 nitrogen and oxygen atoms in total. The Balaban J connectivity index is 2.02. The zero-order valence-electron chi connectivity index (χ0n) is 12.4. The van der Waals surface area contributed by atoms with Crippen LogP contribution in [0.15, 0.2) is 58.9 Å². The number of nitrogens with zero attached hydrogens (tertiary/aromatic N) is 2. The van der Waals surface area contributed by atoms with E-state index in [0.717, 1.165) is 21.1 Å². The van der Waals surface area contributed by atoms with Crippen molar-refractivity contribution in [3.63, 3.8) is 0 Å². The monoisotopic (exact) mass is 414 g/mol. The molecule has 4 rings (SSSR count). The van der Waals surface area contributed by atoms with E-state index in [1.807, 2.05) is 0 Å². The second-order valence-electron chi connectivity index (χ2n) is 5.79. The van der Waals surface area contributed by atoms with Crippen LogP contribution in [0.25, 0.3) is 5.57 Å². The van der Waals surface area contributed by atoms with E-state index in [0.29, 0.717) is 5.57 Å². The predicted molar refractivity (Wildman–Crippen MR) is 88.4 cm³/mol. The standard InChI is InChI=1S/C16H9BBrF5N2/c18-12-8-10(7-11(9-12)16(19,20)21)15-13-3-1-5-24(13)17(22,23)25-6-2-4-14(15)25/h1-9H. The quantitative estimate of drug-likeness (QED) is 0.462. The fourth-order valence-electron chi connectivity index (χ4n) is 3.21. The van der Waals surface area contributed by atoms with Crippen molar-refractivity contribution >= 4 is 34.7 Å². The summed E-state index contributed by atoms with van der Waals surface area (Å²) in [6.45, 7) is -4.08. The van der Waals surface area contributed by atoms with E-state index >= 15 is 0 Å². The lowest BCUT2D eigenvalue weighted by Gasteiger charge is -2.31. The van der Waals surface area contributed by atoms with Gasteiger partial charge in [0.05, 0.1) is 11.1 Å². The molecule has 0 spiro atoms. The highest BCUT2D eigenvalue weighted by Crippen LogP contribution is 2.41. The van der Waals surface area contributed by atoms with E-state index in [4.69, 9.17) is 0 Å². The summed E-state index contributed by atoms with van der Waals surface area (Å²) >= 11 is 3.08. The zero-order valence-corrected chi connectivity index (χ0v) is 14.0. The summed E-state index contributed by atoms with van der Waals surface area (Å²) in [5.41, 5.74) is 0.0655. The maximum Gasteiger partial charge on any atom is 0.737 e. The van der Waals surface area contributed by atoms with E-state index in [1.54, 1.807) is 0 Å². The van der Waals surface area contributed by atoms with E-state index in [9.17, 15) is 21.8 Å². The lowest BCUT2D eigenvalue weighted by atomic mass is 9.86. The van der Waals surface area contributed by atoms with Crippen LogP contribution in [0.2, 0.25) is 0 Å². The zero-order chi connectivity index (χ0) is 18.0. The van der Waals surface area contributed by atoms with Gasteiger partial charge in [0.15, 0.2) is 5.70 Å². The van der Waals surface area contributed by atoms with Gasteiger partial charge >= 0.3 is 13.1 Å². The van der Waals surface area contributed by atoms with Gasteiger partial charge in [0.25, 0.3) is 0 Å². The molecule has 9 heteroatoms. The van der Waals surface area contributed by atoms with Gasteiger partial charge in [-0.05, 0) is 42.1 Å². The molecule has 0 fully saturated rings. The Morgan fingerprint density at radius 3 is 2.60 bits per heavy atom. The van der Waals surface area contributed by atoms with Crippen LogP contribution in [0.3, 0.4) is 0 Å². The number of alkyl halides is 3. The lowest BCUT2D eigenvalue weighted by molar-refractivity contribution is -0.356. The summed E-state index contributed by atoms with van der Waals surface area (Å²) in [6.07, 6.45) is 0.878. The molecule has 0 saturated heterocycles. The molecule has 2 aliphatic heterocycles. The number of hydrogen-bond acceptors (Lipinski definition) is 0. The van der Waals surface area contributed by atoms with Crippen LogP contribution < -0.4 is 0 Å². The van der Waals surface area contributed by atoms with Crippen LogP contribution in [0.4, 0.5) is 21.8 Å². The first-order valence-corrected chi connectivity index (χ1v) is 8.11. The van der Waals surface area contributed by atoms with Crippen LogP contribution in [0, 0.1) is 0 Å². The molecule has 1 aromatic heterocycles. The molecular formula is C16H9BBrF5N2. The Morgan fingerprint density at radius 2 is 1.88 bits per heavy atom. The fraction of sp³-hybridized carbons (Fsp3) is 0.0625. The third-order valence-electron chi connectivity index (χ3n) is 4.25. The second-order valence-corrected chi connectivity index (χ2v) is 6.71. The van der Waals surface area contributed by atoms with Gasteiger partial charge in [0.1, 0.15) is 6.21 Å². The van der Waals surface area contributed by atoms with Gasteiger partial charge in [-0.3, -0.25) is 0 Å². The van der Waals surface area contributed by atoms with Crippen molar-refractivity contribution in [1.29, 1.82) is 0 Å². The average molecular weight is 415 g/mol. The summed E-state index contributed by atoms with van der Waals surface area (Å²) in [5.74, 6) is 0. The van der Waals surface area contributed by atoms with Gasteiger partial charge in [0.2, 0.25) is 0 Å². The molecular weight excluding hydrogens is 406 g/mol. The third kappa shape index (κ3) is 2.40. The number of aromatic nitrogens is 1. The molecule has 0 saturated carbocycles. The smallest absolute Gasteiger partial charge is 0.396 e. The van der Waals surface area contributed by atoms with Gasteiger partial charge < -0.3 is 17.6 Å². The van der Waals surface area contributed by atoms with Crippen LogP contribution in [-0.2, 0) is 6.18 Å². The van der Waals surface area contributed by atoms with Crippen LogP contribution >= 0.6 is 15.9 Å². The van der Waals surface area contributed by atoms with Gasteiger partial charge in [-0.15, -0.1) is 0 Å². The highest BCUT2D eigenvalue weighted by atomic mass is 79.9. The Morgan fingerprint density at radius 1 is 1.12 bits per heavy atom. The number of allylic oxidation sites excluding steroid dienone is 2. The van der Waals surface area contributed by atoms with Crippen LogP contribution in [0.1, 0.15) is 16.8 Å². The fourth-order valence-corrected chi connectivity index (χ4v) is 3.71. The van der Waals surface area contributed by atoms with Crippen molar-refractivity contribution in [1.82, 2.24) is 4.48 Å². The van der Waals surface area contributed by atoms with Gasteiger partial charge in [-0.1, -0.05) is 15.9 Å². The number of benzene rings is 1. The Bertz CT molecular complexity index is 985. The summed E-state index contributed by atoms with van der Waals surface area (Å²) < 4.78 is 70.7. The first kappa shape index (κ1) is 16.3. The van der Waals surface area contributed by atoms with E-state index < -0.39 is 18.7 Å². The molecule has 3 heterocycles. The summed E-state index contributed by atoms with van der Waals surface area (Å²) in [5, 5.41) is 0. The molecule has 0 N–H and O–H groups in total. The molecule has 0 aliphatic carbocycles. The Hall–Kier alpha value is -2.16. The maximum absolute atomic E-state index is 14.7. The lowest BCUT2D eigenvalue weighted by Crippen LogP contribution is -2.49. The Kier molecular flexibility index (Phi) is 3.38. The molecule has 1 aromatic carbocycles. The van der Waals surface area contributed by atoms with Crippen molar-refractivity contribution < 1.29 is 26.3 Å². The number of halogens is 6. The molecule has 0 amide bonds. The molecule has 128 valence electrons. The van der Waals surface area contributed by atoms with Crippen molar-refractivity contribution in [2.45, 2.75) is 6.18 Å². The Labute approximate surface area is 147 Å². The topological polar surface area (TPSA) is 7.94 Å². The highest BCUT2D eigenvalue weighted by Gasteiger charge is 2.51. The SMILES string of the molecule is F[B-]1(F)n2cccc2C(c2cc(Br)cc(C(F)(F)F)c2)=C2C=CC=[N+]21. The number of rotatable bonds is 1. The predicted octanol–water partition coefficient (Wildman–Crippen LogP) is 4.92. The largest absolute Gasteiger partial charge is 0.737 e. The van der Waals surface area contributed by atoms with Crippen molar-refractivity contribution in [3.05, 3.63) is 75.7 Å². The normalized spacial score (nSPS) is 18.2. The minimum Gasteiger partial charge on any atom is -0.396 e. The second kappa shape index (κ2) is 5.17. The van der Waals surface area contributed by atoms with Crippen molar-refractivity contribution in [2.75, 3.05) is 0 Å². The van der Waals surface area contributed by atoms with Crippen molar-refractivity contribution in [3.8, 4) is 0 Å². The van der Waals surface area contributed by atoms with E-state index in [1.165, 1.54) is 42.8 Å². The van der Waals surface area contributed by atoms with Crippen LogP contribution in [0.5, 0.6) is 0 Å². The summed E-state index contributed by atoms with van der Waals surface area (Å²) in [7, 11) is 0. The maximum atomic E-state index is 14.7. The average Bonchev–Trinajstić information content (AvgIpc) is 3.15. The number of fused-ring (bicyclic) bond motifs is 2. The van der Waals surface area contributed by atoms with Crippen molar-refractivity contribution in [2.24, 2.45) is 0 Å². The minimum absolute atomic E-state index is 0.183. The number of hydrogen-bond donors (Lipinski definition) is 0. The van der Waals surface area contributed by atoms with E-state index in [-0.39, 0.29) is 21.4 Å². The van der Waals surface area contributed by atoms with E-state index in [2.05, 4.69) is 15.9 Å². The van der Waals surface area contributed by atoms with Crippen LogP contribution in [-0.4, -0.2) is 22.1 Å². The first-order chi connectivity index (χ1) is 11.7. The summed E-state index contributed by atoms with van der Waals surface area (Å²) in [6, 6.07) is 6.38. The first-order valence-electron chi connectivity index (χ1n) is 7.32. The minimum atomic E-state index is -4.54. The van der Waals surface area contributed by atoms with Gasteiger partial charge in [-0.2, -0.15) is 13.2 Å². The molecule has 2 aliphatic rings. The summed E-state index contributed by atoms with van der Waals surface area (Å²) in [4.78, 5) is 0. The van der Waals surface area contributed by atoms with Gasteiger partial charge in [-0.25, -0.2) is 0 Å².